The minimum atomic E-state index is -1.24. The Balaban J connectivity index is 1.37. The number of aliphatic carboxylic acids is 1. The Morgan fingerprint density at radius 3 is 2.58 bits per heavy atom. The molecular formula is C31H51NO6. The molecule has 7 heteroatoms. The Morgan fingerprint density at radius 2 is 1.89 bits per heavy atom. The van der Waals surface area contributed by atoms with E-state index in [9.17, 15) is 14.7 Å². The van der Waals surface area contributed by atoms with E-state index in [0.29, 0.717) is 17.3 Å². The second-order valence-electron chi connectivity index (χ2n) is 14.2. The van der Waals surface area contributed by atoms with Gasteiger partial charge >= 0.3 is 12.1 Å². The molecule has 0 aromatic rings. The Bertz CT molecular complexity index is 911. The SMILES string of the molecule is CC(CCCC(C)(C)O)C1CCC2C3CC=C4CC(OC(=O)OCC(N)C(=O)O)CCC4(C)C3CCC12C. The van der Waals surface area contributed by atoms with Crippen LogP contribution in [-0.2, 0) is 14.3 Å². The molecule has 0 spiro atoms. The highest BCUT2D eigenvalue weighted by molar-refractivity contribution is 5.73. The first-order valence-corrected chi connectivity index (χ1v) is 15.0. The van der Waals surface area contributed by atoms with Crippen LogP contribution in [0.3, 0.4) is 0 Å². The standard InChI is InChI=1S/C31H51NO6/c1-19(7-6-14-29(2,3)36)23-10-11-24-22-9-8-20-17-21(38-28(35)37-18-26(32)27(33)34)12-15-30(20,4)25(22)13-16-31(23,24)5/h8,19,21-26,36H,6-7,9-18,32H2,1-5H3,(H,33,34). The normalized spacial score (nSPS) is 38.2. The fourth-order valence-corrected chi connectivity index (χ4v) is 9.16. The molecule has 0 saturated heterocycles. The first-order valence-electron chi connectivity index (χ1n) is 15.0. The fraction of sp³-hybridized carbons (Fsp3) is 0.871. The maximum Gasteiger partial charge on any atom is 0.508 e. The van der Waals surface area contributed by atoms with Crippen molar-refractivity contribution in [3.63, 3.8) is 0 Å². The Labute approximate surface area is 228 Å². The molecule has 4 rings (SSSR count). The number of rotatable bonds is 9. The van der Waals surface area contributed by atoms with Crippen molar-refractivity contribution in [3.05, 3.63) is 11.6 Å². The van der Waals surface area contributed by atoms with Crippen molar-refractivity contribution < 1.29 is 29.3 Å². The quantitative estimate of drug-likeness (QED) is 0.243. The number of fused-ring (bicyclic) bond motifs is 5. The second kappa shape index (κ2) is 11.1. The summed E-state index contributed by atoms with van der Waals surface area (Å²) in [7, 11) is 0. The molecule has 9 unspecified atom stereocenters. The van der Waals surface area contributed by atoms with E-state index in [1.54, 1.807) is 0 Å². The molecule has 0 aromatic carbocycles. The van der Waals surface area contributed by atoms with Crippen molar-refractivity contribution >= 4 is 12.1 Å². The lowest BCUT2D eigenvalue weighted by molar-refractivity contribution is -0.139. The van der Waals surface area contributed by atoms with Crippen molar-refractivity contribution in [2.75, 3.05) is 6.61 Å². The average molecular weight is 534 g/mol. The average Bonchev–Trinajstić information content (AvgIpc) is 3.19. The molecule has 0 radical (unpaired) electrons. The molecule has 4 N–H and O–H groups in total. The predicted molar refractivity (Wildman–Crippen MR) is 146 cm³/mol. The lowest BCUT2D eigenvalue weighted by Crippen LogP contribution is -2.51. The molecule has 0 aliphatic heterocycles. The first-order chi connectivity index (χ1) is 17.7. The van der Waals surface area contributed by atoms with Gasteiger partial charge in [0.25, 0.3) is 0 Å². The lowest BCUT2D eigenvalue weighted by atomic mass is 9.47. The minimum absolute atomic E-state index is 0.163. The van der Waals surface area contributed by atoms with Gasteiger partial charge in [0.05, 0.1) is 5.60 Å². The van der Waals surface area contributed by atoms with Gasteiger partial charge in [0.2, 0.25) is 0 Å². The fourth-order valence-electron chi connectivity index (χ4n) is 9.16. The smallest absolute Gasteiger partial charge is 0.480 e. The third-order valence-corrected chi connectivity index (χ3v) is 11.2. The first kappa shape index (κ1) is 29.4. The molecule has 9 atom stereocenters. The number of aliphatic hydroxyl groups is 1. The van der Waals surface area contributed by atoms with Crippen LogP contribution in [0.5, 0.6) is 0 Å². The van der Waals surface area contributed by atoms with E-state index < -0.39 is 23.8 Å². The maximum absolute atomic E-state index is 12.1. The Hall–Kier alpha value is -1.60. The van der Waals surface area contributed by atoms with Gasteiger partial charge in [-0.15, -0.1) is 0 Å². The molecule has 4 aliphatic rings. The number of hydrogen-bond acceptors (Lipinski definition) is 6. The maximum atomic E-state index is 12.1. The van der Waals surface area contributed by atoms with Crippen LogP contribution in [0.1, 0.15) is 105 Å². The Kier molecular flexibility index (Phi) is 8.59. The monoisotopic (exact) mass is 533 g/mol. The summed E-state index contributed by atoms with van der Waals surface area (Å²) in [5, 5.41) is 19.0. The number of ether oxygens (including phenoxy) is 2. The van der Waals surface area contributed by atoms with E-state index in [-0.39, 0.29) is 18.1 Å². The number of carbonyl (C=O) groups excluding carboxylic acids is 1. The van der Waals surface area contributed by atoms with E-state index in [4.69, 9.17) is 20.3 Å². The summed E-state index contributed by atoms with van der Waals surface area (Å²) in [6.07, 6.45) is 13.5. The van der Waals surface area contributed by atoms with Crippen molar-refractivity contribution in [1.29, 1.82) is 0 Å². The number of hydrogen-bond donors (Lipinski definition) is 3. The van der Waals surface area contributed by atoms with Gasteiger partial charge in [0.1, 0.15) is 18.8 Å². The molecule has 0 bridgehead atoms. The highest BCUT2D eigenvalue weighted by Gasteiger charge is 2.59. The summed E-state index contributed by atoms with van der Waals surface area (Å²) < 4.78 is 10.5. The van der Waals surface area contributed by atoms with E-state index in [1.165, 1.54) is 37.7 Å². The summed E-state index contributed by atoms with van der Waals surface area (Å²) in [5.41, 5.74) is 6.86. The zero-order chi connectivity index (χ0) is 27.9. The molecule has 7 nitrogen and oxygen atoms in total. The van der Waals surface area contributed by atoms with Crippen LogP contribution in [-0.4, -0.2) is 46.7 Å². The van der Waals surface area contributed by atoms with Crippen molar-refractivity contribution in [3.8, 4) is 0 Å². The summed E-state index contributed by atoms with van der Waals surface area (Å²) in [6.45, 7) is 10.9. The zero-order valence-electron chi connectivity index (χ0n) is 24.2. The van der Waals surface area contributed by atoms with Crippen LogP contribution in [0.2, 0.25) is 0 Å². The summed E-state index contributed by atoms with van der Waals surface area (Å²) in [5.74, 6) is 2.47. The van der Waals surface area contributed by atoms with Gasteiger partial charge < -0.3 is 25.4 Å². The van der Waals surface area contributed by atoms with Gasteiger partial charge in [-0.05, 0) is 106 Å². The van der Waals surface area contributed by atoms with Crippen LogP contribution >= 0.6 is 0 Å². The molecular weight excluding hydrogens is 482 g/mol. The highest BCUT2D eigenvalue weighted by Crippen LogP contribution is 2.67. The summed E-state index contributed by atoms with van der Waals surface area (Å²) in [4.78, 5) is 23.0. The molecule has 0 heterocycles. The molecule has 38 heavy (non-hydrogen) atoms. The summed E-state index contributed by atoms with van der Waals surface area (Å²) in [6, 6.07) is -1.24. The van der Waals surface area contributed by atoms with Gasteiger partial charge in [-0.25, -0.2) is 4.79 Å². The molecule has 4 aliphatic carbocycles. The number of nitrogens with two attached hydrogens (primary N) is 1. The number of carboxylic acid groups (broad SMARTS) is 1. The third kappa shape index (κ3) is 5.94. The largest absolute Gasteiger partial charge is 0.508 e. The van der Waals surface area contributed by atoms with Gasteiger partial charge in [-0.3, -0.25) is 4.79 Å². The van der Waals surface area contributed by atoms with E-state index in [1.807, 2.05) is 13.8 Å². The van der Waals surface area contributed by atoms with Gasteiger partial charge in [-0.1, -0.05) is 45.3 Å². The molecule has 0 amide bonds. The van der Waals surface area contributed by atoms with Crippen LogP contribution < -0.4 is 5.73 Å². The summed E-state index contributed by atoms with van der Waals surface area (Å²) >= 11 is 0. The lowest BCUT2D eigenvalue weighted by Gasteiger charge is -2.58. The third-order valence-electron chi connectivity index (χ3n) is 11.2. The van der Waals surface area contributed by atoms with Crippen LogP contribution in [0.4, 0.5) is 4.79 Å². The van der Waals surface area contributed by atoms with E-state index in [2.05, 4.69) is 26.8 Å². The van der Waals surface area contributed by atoms with Gasteiger partial charge in [-0.2, -0.15) is 0 Å². The van der Waals surface area contributed by atoms with Crippen molar-refractivity contribution in [2.24, 2.45) is 46.2 Å². The van der Waals surface area contributed by atoms with E-state index in [0.717, 1.165) is 56.3 Å². The van der Waals surface area contributed by atoms with Gasteiger partial charge in [0.15, 0.2) is 0 Å². The Morgan fingerprint density at radius 1 is 1.16 bits per heavy atom. The molecule has 216 valence electrons. The minimum Gasteiger partial charge on any atom is -0.480 e. The topological polar surface area (TPSA) is 119 Å². The number of carboxylic acids is 1. The molecule has 0 aromatic heterocycles. The number of allylic oxidation sites excluding steroid dienone is 1. The molecule has 3 fully saturated rings. The predicted octanol–water partition coefficient (Wildman–Crippen LogP) is 6.08. The van der Waals surface area contributed by atoms with E-state index >= 15 is 0 Å². The van der Waals surface area contributed by atoms with Crippen molar-refractivity contribution in [1.82, 2.24) is 0 Å². The van der Waals surface area contributed by atoms with Crippen LogP contribution in [0.15, 0.2) is 11.6 Å². The van der Waals surface area contributed by atoms with Crippen molar-refractivity contribution in [2.45, 2.75) is 123 Å². The highest BCUT2D eigenvalue weighted by atomic mass is 16.7. The van der Waals surface area contributed by atoms with Gasteiger partial charge in [0, 0.05) is 6.42 Å². The van der Waals surface area contributed by atoms with Crippen LogP contribution in [0.25, 0.3) is 0 Å². The second-order valence-corrected chi connectivity index (χ2v) is 14.2. The number of carbonyl (C=O) groups is 2. The zero-order valence-corrected chi connectivity index (χ0v) is 24.2. The van der Waals surface area contributed by atoms with Crippen LogP contribution in [0, 0.1) is 40.4 Å². The molecule has 3 saturated carbocycles.